The SMILES string of the molecule is COc1cc(OC)cc([C@@H]2c3cc(-c4cc(=O)c5c(OCc6ccccc6)cc(OCc6ccccc6)cc5o4)c(OCc4ccccc4)cc3O[C@H]2c2ccc(OCc3ccccc3)cc2)c1. The maximum atomic E-state index is 14.6. The van der Waals surface area contributed by atoms with Gasteiger partial charge in [-0.05, 0) is 63.7 Å². The van der Waals surface area contributed by atoms with Gasteiger partial charge in [0.1, 0.15) is 89.5 Å². The van der Waals surface area contributed by atoms with Crippen molar-refractivity contribution >= 4 is 11.0 Å². The second-order valence-corrected chi connectivity index (χ2v) is 16.5. The lowest BCUT2D eigenvalue weighted by atomic mass is 9.84. The Morgan fingerprint density at radius 2 is 0.971 bits per heavy atom. The molecule has 9 aromatic rings. The molecule has 338 valence electrons. The van der Waals surface area contributed by atoms with Gasteiger partial charge in [-0.15, -0.1) is 0 Å². The molecule has 0 N–H and O–H groups in total. The van der Waals surface area contributed by atoms with Crippen molar-refractivity contribution in [1.29, 1.82) is 0 Å². The fourth-order valence-corrected chi connectivity index (χ4v) is 8.49. The van der Waals surface area contributed by atoms with E-state index in [0.29, 0.717) is 70.0 Å². The third-order valence-corrected chi connectivity index (χ3v) is 11.9. The third-order valence-electron chi connectivity index (χ3n) is 11.9. The molecule has 1 aliphatic rings. The summed E-state index contributed by atoms with van der Waals surface area (Å²) in [6, 6.07) is 62.4. The first-order valence-electron chi connectivity index (χ1n) is 22.4. The maximum absolute atomic E-state index is 14.6. The number of methoxy groups -OCH3 is 2. The van der Waals surface area contributed by atoms with Crippen LogP contribution in [0, 0.1) is 0 Å². The molecule has 9 nitrogen and oxygen atoms in total. The Kier molecular flexibility index (Phi) is 12.8. The summed E-state index contributed by atoms with van der Waals surface area (Å²) in [7, 11) is 3.27. The molecule has 2 heterocycles. The molecular weight excluding hydrogens is 853 g/mol. The number of hydrogen-bond acceptors (Lipinski definition) is 9. The molecule has 0 fully saturated rings. The van der Waals surface area contributed by atoms with Crippen LogP contribution in [0.25, 0.3) is 22.3 Å². The molecule has 0 saturated heterocycles. The van der Waals surface area contributed by atoms with E-state index in [0.717, 1.165) is 44.7 Å². The van der Waals surface area contributed by atoms with Gasteiger partial charge in [-0.3, -0.25) is 4.79 Å². The van der Waals surface area contributed by atoms with Crippen molar-refractivity contribution in [2.45, 2.75) is 38.4 Å². The molecule has 0 aliphatic carbocycles. The topological polar surface area (TPSA) is 94.8 Å². The minimum absolute atomic E-state index is 0.239. The molecule has 0 bridgehead atoms. The molecule has 8 aromatic carbocycles. The predicted octanol–water partition coefficient (Wildman–Crippen LogP) is 13.1. The summed E-state index contributed by atoms with van der Waals surface area (Å²) >= 11 is 0. The van der Waals surface area contributed by atoms with Gasteiger partial charge in [-0.25, -0.2) is 0 Å². The largest absolute Gasteiger partial charge is 0.497 e. The molecule has 1 aromatic heterocycles. The zero-order valence-electron chi connectivity index (χ0n) is 37.6. The van der Waals surface area contributed by atoms with Crippen molar-refractivity contribution in [2.75, 3.05) is 14.2 Å². The third kappa shape index (κ3) is 9.73. The lowest BCUT2D eigenvalue weighted by Crippen LogP contribution is -2.12. The first kappa shape index (κ1) is 43.5. The van der Waals surface area contributed by atoms with E-state index in [-0.39, 0.29) is 24.6 Å². The average Bonchev–Trinajstić information content (AvgIpc) is 3.77. The Hall–Kier alpha value is -8.43. The highest BCUT2D eigenvalue weighted by atomic mass is 16.5. The van der Waals surface area contributed by atoms with Crippen LogP contribution in [-0.2, 0) is 26.4 Å². The Morgan fingerprint density at radius 1 is 0.456 bits per heavy atom. The van der Waals surface area contributed by atoms with Crippen molar-refractivity contribution in [3.8, 4) is 51.6 Å². The molecule has 1 aliphatic heterocycles. The average molecular weight is 901 g/mol. The first-order chi connectivity index (χ1) is 33.5. The lowest BCUT2D eigenvalue weighted by Gasteiger charge is -2.22. The Labute approximate surface area is 394 Å². The number of ether oxygens (including phenoxy) is 7. The standard InChI is InChI=1S/C59H48O9/c1-61-46-27-44(28-47(29-46)62-2)57-50-32-49(53-33-51(60)58-55(66-38-42-21-13-6-14-22-42)30-48(31-56(58)67-53)64-36-40-17-9-4-10-18-40)52(65-37-41-19-11-5-12-20-41)34-54(50)68-59(57)43-23-25-45(26-24-43)63-35-39-15-7-3-8-16-39/h3-34,57,59H,35-38H2,1-2H3/t57-,59+/m1/s1. The molecule has 0 radical (unpaired) electrons. The Morgan fingerprint density at radius 3 is 1.51 bits per heavy atom. The maximum Gasteiger partial charge on any atom is 0.197 e. The van der Waals surface area contributed by atoms with Crippen LogP contribution in [0.2, 0.25) is 0 Å². The summed E-state index contributed by atoms with van der Waals surface area (Å²) in [5.74, 6) is 3.87. The molecule has 2 atom stereocenters. The molecular formula is C59H48O9. The van der Waals surface area contributed by atoms with Gasteiger partial charge in [0.25, 0.3) is 0 Å². The minimum atomic E-state index is -0.487. The van der Waals surface area contributed by atoms with E-state index in [1.54, 1.807) is 26.4 Å². The molecule has 0 spiro atoms. The van der Waals surface area contributed by atoms with E-state index < -0.39 is 6.10 Å². The zero-order valence-corrected chi connectivity index (χ0v) is 37.6. The highest BCUT2D eigenvalue weighted by molar-refractivity contribution is 5.87. The zero-order chi connectivity index (χ0) is 46.2. The van der Waals surface area contributed by atoms with Crippen molar-refractivity contribution in [2.24, 2.45) is 0 Å². The number of hydrogen-bond donors (Lipinski definition) is 0. The highest BCUT2D eigenvalue weighted by Crippen LogP contribution is 2.54. The molecule has 0 saturated carbocycles. The monoisotopic (exact) mass is 900 g/mol. The lowest BCUT2D eigenvalue weighted by molar-refractivity contribution is 0.220. The van der Waals surface area contributed by atoms with Crippen LogP contribution >= 0.6 is 0 Å². The fourth-order valence-electron chi connectivity index (χ4n) is 8.49. The second kappa shape index (κ2) is 20.0. The van der Waals surface area contributed by atoms with Gasteiger partial charge < -0.3 is 37.6 Å². The van der Waals surface area contributed by atoms with Gasteiger partial charge in [0.15, 0.2) is 5.43 Å². The van der Waals surface area contributed by atoms with Gasteiger partial charge >= 0.3 is 0 Å². The summed E-state index contributed by atoms with van der Waals surface area (Å²) in [5, 5.41) is 0.297. The van der Waals surface area contributed by atoms with E-state index in [1.807, 2.05) is 176 Å². The summed E-state index contributed by atoms with van der Waals surface area (Å²) in [4.78, 5) is 14.6. The second-order valence-electron chi connectivity index (χ2n) is 16.5. The van der Waals surface area contributed by atoms with Crippen LogP contribution < -0.4 is 38.6 Å². The molecule has 9 heteroatoms. The highest BCUT2D eigenvalue weighted by Gasteiger charge is 2.39. The molecule has 10 rings (SSSR count). The minimum Gasteiger partial charge on any atom is -0.497 e. The van der Waals surface area contributed by atoms with Crippen LogP contribution in [0.5, 0.6) is 40.2 Å². The van der Waals surface area contributed by atoms with E-state index in [4.69, 9.17) is 37.6 Å². The Balaban J connectivity index is 1.09. The van der Waals surface area contributed by atoms with Crippen LogP contribution in [0.1, 0.15) is 51.0 Å². The quantitative estimate of drug-likeness (QED) is 0.0885. The smallest absolute Gasteiger partial charge is 0.197 e. The van der Waals surface area contributed by atoms with Crippen molar-refractivity contribution < 1.29 is 37.6 Å². The van der Waals surface area contributed by atoms with Crippen LogP contribution in [-0.4, -0.2) is 14.2 Å². The Bertz CT molecular complexity index is 3170. The summed E-state index contributed by atoms with van der Waals surface area (Å²) in [5.41, 5.74) is 7.25. The summed E-state index contributed by atoms with van der Waals surface area (Å²) in [6.45, 7) is 1.24. The van der Waals surface area contributed by atoms with Crippen molar-refractivity contribution in [3.05, 3.63) is 243 Å². The van der Waals surface area contributed by atoms with Gasteiger partial charge in [0, 0.05) is 35.9 Å². The summed E-state index contributed by atoms with van der Waals surface area (Å²) < 4.78 is 50.9. The van der Waals surface area contributed by atoms with E-state index in [9.17, 15) is 4.79 Å². The van der Waals surface area contributed by atoms with E-state index >= 15 is 0 Å². The number of benzene rings is 8. The van der Waals surface area contributed by atoms with Gasteiger partial charge in [0.2, 0.25) is 0 Å². The van der Waals surface area contributed by atoms with E-state index in [1.165, 1.54) is 6.07 Å². The first-order valence-corrected chi connectivity index (χ1v) is 22.4. The molecule has 68 heavy (non-hydrogen) atoms. The van der Waals surface area contributed by atoms with Gasteiger partial charge in [-0.1, -0.05) is 133 Å². The normalized spacial score (nSPS) is 13.9. The van der Waals surface area contributed by atoms with Gasteiger partial charge in [-0.2, -0.15) is 0 Å². The van der Waals surface area contributed by atoms with Crippen molar-refractivity contribution in [3.63, 3.8) is 0 Å². The number of rotatable bonds is 17. The number of fused-ring (bicyclic) bond motifs is 2. The predicted molar refractivity (Wildman–Crippen MR) is 262 cm³/mol. The van der Waals surface area contributed by atoms with Crippen LogP contribution in [0.3, 0.4) is 0 Å². The van der Waals surface area contributed by atoms with Crippen molar-refractivity contribution in [1.82, 2.24) is 0 Å². The van der Waals surface area contributed by atoms with Crippen LogP contribution in [0.15, 0.2) is 203 Å². The fraction of sp³-hybridized carbons (Fsp3) is 0.136. The van der Waals surface area contributed by atoms with Crippen LogP contribution in [0.4, 0.5) is 0 Å². The van der Waals surface area contributed by atoms with Gasteiger partial charge in [0.05, 0.1) is 25.7 Å². The van der Waals surface area contributed by atoms with E-state index in [2.05, 4.69) is 0 Å². The molecule has 0 unspecified atom stereocenters. The molecule has 0 amide bonds. The summed E-state index contributed by atoms with van der Waals surface area (Å²) in [6.07, 6.45) is -0.487.